The second-order valence-corrected chi connectivity index (χ2v) is 8.73. The molecule has 1 aromatic rings. The van der Waals surface area contributed by atoms with Crippen LogP contribution in [-0.2, 0) is 5.41 Å². The molecule has 3 unspecified atom stereocenters. The molecule has 0 radical (unpaired) electrons. The highest BCUT2D eigenvalue weighted by Gasteiger charge is 2.55. The fraction of sp³-hybridized carbons (Fsp3) is 0.667. The summed E-state index contributed by atoms with van der Waals surface area (Å²) in [6.45, 7) is 8.53. The van der Waals surface area contributed by atoms with Gasteiger partial charge in [0.2, 0.25) is 0 Å². The molecular weight excluding hydrogens is 324 g/mol. The lowest BCUT2D eigenvalue weighted by Crippen LogP contribution is -2.71. The van der Waals surface area contributed by atoms with E-state index in [4.69, 9.17) is 0 Å². The van der Waals surface area contributed by atoms with Gasteiger partial charge in [0.05, 0.1) is 0 Å². The van der Waals surface area contributed by atoms with E-state index in [1.54, 1.807) is 0 Å². The van der Waals surface area contributed by atoms with E-state index in [9.17, 15) is 4.79 Å². The highest BCUT2D eigenvalue weighted by atomic mass is 16.2. The molecule has 5 nitrogen and oxygen atoms in total. The summed E-state index contributed by atoms with van der Waals surface area (Å²) in [5.74, 6) is 0.522. The van der Waals surface area contributed by atoms with Crippen LogP contribution in [0.1, 0.15) is 24.8 Å². The van der Waals surface area contributed by atoms with Crippen LogP contribution in [0.25, 0.3) is 0 Å². The number of hydrogen-bond acceptors (Lipinski definition) is 3. The Labute approximate surface area is 156 Å². The largest absolute Gasteiger partial charge is 0.334 e. The van der Waals surface area contributed by atoms with Crippen molar-refractivity contribution >= 4 is 6.03 Å². The summed E-state index contributed by atoms with van der Waals surface area (Å²) < 4.78 is 0. The first-order valence-corrected chi connectivity index (χ1v) is 10.3. The van der Waals surface area contributed by atoms with Crippen molar-refractivity contribution in [1.29, 1.82) is 0 Å². The van der Waals surface area contributed by atoms with Gasteiger partial charge < -0.3 is 20.0 Å². The molecule has 2 amide bonds. The highest BCUT2D eigenvalue weighted by Crippen LogP contribution is 2.43. The van der Waals surface area contributed by atoms with Gasteiger partial charge in [-0.1, -0.05) is 30.3 Å². The number of rotatable bonds is 2. The molecule has 26 heavy (non-hydrogen) atoms. The van der Waals surface area contributed by atoms with Crippen molar-refractivity contribution in [3.05, 3.63) is 35.9 Å². The topological polar surface area (TPSA) is 38.8 Å². The van der Waals surface area contributed by atoms with Gasteiger partial charge >= 0.3 is 6.03 Å². The van der Waals surface area contributed by atoms with E-state index in [2.05, 4.69) is 45.4 Å². The monoisotopic (exact) mass is 354 g/mol. The number of nitrogens with zero attached hydrogens (tertiary/aromatic N) is 3. The number of amides is 2. The van der Waals surface area contributed by atoms with Crippen LogP contribution < -0.4 is 5.32 Å². The second-order valence-electron chi connectivity index (χ2n) is 8.73. The summed E-state index contributed by atoms with van der Waals surface area (Å²) in [5.41, 5.74) is 1.41. The fourth-order valence-electron chi connectivity index (χ4n) is 5.89. The van der Waals surface area contributed by atoms with Crippen molar-refractivity contribution in [1.82, 2.24) is 20.0 Å². The molecular formula is C21H30N4O. The number of benzene rings is 1. The smallest absolute Gasteiger partial charge is 0.317 e. The SMILES string of the molecule is O=C(NC1C2CN3CCN(C2)CC1(c1ccccc1)C3)N1CCCCC1. The number of hydrogen-bond donors (Lipinski definition) is 1. The minimum absolute atomic E-state index is 0.0182. The zero-order chi connectivity index (χ0) is 17.6. The first-order chi connectivity index (χ1) is 12.7. The summed E-state index contributed by atoms with van der Waals surface area (Å²) in [4.78, 5) is 20.3. The summed E-state index contributed by atoms with van der Waals surface area (Å²) in [6.07, 6.45) is 3.55. The van der Waals surface area contributed by atoms with Gasteiger partial charge in [0.15, 0.2) is 0 Å². The third-order valence-corrected chi connectivity index (χ3v) is 7.07. The van der Waals surface area contributed by atoms with E-state index in [1.807, 2.05) is 4.90 Å². The van der Waals surface area contributed by atoms with Crippen molar-refractivity contribution < 1.29 is 4.79 Å². The second kappa shape index (κ2) is 6.54. The van der Waals surface area contributed by atoms with E-state index in [0.29, 0.717) is 5.92 Å². The van der Waals surface area contributed by atoms with E-state index >= 15 is 0 Å². The number of nitrogens with one attached hydrogen (secondary N) is 1. The van der Waals surface area contributed by atoms with Gasteiger partial charge in [0.1, 0.15) is 0 Å². The summed E-state index contributed by atoms with van der Waals surface area (Å²) in [7, 11) is 0. The van der Waals surface area contributed by atoms with E-state index in [1.165, 1.54) is 12.0 Å². The molecule has 6 rings (SSSR count). The summed E-state index contributed by atoms with van der Waals surface area (Å²) in [5, 5.41) is 3.53. The van der Waals surface area contributed by atoms with Gasteiger partial charge in [-0.15, -0.1) is 0 Å². The van der Waals surface area contributed by atoms with Gasteiger partial charge in [0.25, 0.3) is 0 Å². The number of piperidine rings is 3. The lowest BCUT2D eigenvalue weighted by Gasteiger charge is -2.56. The average molecular weight is 354 g/mol. The van der Waals surface area contributed by atoms with Gasteiger partial charge in [0, 0.05) is 69.7 Å². The van der Waals surface area contributed by atoms with Gasteiger partial charge in [-0.05, 0) is 24.8 Å². The fourth-order valence-corrected chi connectivity index (χ4v) is 5.89. The molecule has 4 bridgehead atoms. The van der Waals surface area contributed by atoms with Crippen LogP contribution in [-0.4, -0.2) is 79.1 Å². The number of carbonyl (C=O) groups is 1. The Balaban J connectivity index is 1.47. The van der Waals surface area contributed by atoms with E-state index in [0.717, 1.165) is 65.2 Å². The molecule has 5 heterocycles. The van der Waals surface area contributed by atoms with Crippen LogP contribution in [0.5, 0.6) is 0 Å². The average Bonchev–Trinajstić information content (AvgIpc) is 2.94. The molecule has 0 aromatic heterocycles. The Morgan fingerprint density at radius 3 is 2.23 bits per heavy atom. The van der Waals surface area contributed by atoms with E-state index < -0.39 is 0 Å². The molecule has 5 aliphatic rings. The van der Waals surface area contributed by atoms with Crippen LogP contribution in [0.15, 0.2) is 30.3 Å². The lowest BCUT2D eigenvalue weighted by atomic mass is 9.64. The molecule has 3 atom stereocenters. The molecule has 0 saturated carbocycles. The molecule has 140 valence electrons. The molecule has 5 aliphatic heterocycles. The molecule has 5 heteroatoms. The third kappa shape index (κ3) is 2.72. The van der Waals surface area contributed by atoms with Gasteiger partial charge in [-0.25, -0.2) is 4.79 Å². The summed E-state index contributed by atoms with van der Waals surface area (Å²) >= 11 is 0. The normalized spacial score (nSPS) is 38.8. The number of likely N-dealkylation sites (tertiary alicyclic amines) is 1. The van der Waals surface area contributed by atoms with Crippen molar-refractivity contribution in [2.24, 2.45) is 5.92 Å². The third-order valence-electron chi connectivity index (χ3n) is 7.07. The number of fused-ring (bicyclic) bond motifs is 1. The van der Waals surface area contributed by atoms with Crippen LogP contribution >= 0.6 is 0 Å². The van der Waals surface area contributed by atoms with Crippen molar-refractivity contribution in [3.63, 3.8) is 0 Å². The predicted octanol–water partition coefficient (Wildman–Crippen LogP) is 1.75. The molecule has 0 spiro atoms. The maximum absolute atomic E-state index is 13.0. The van der Waals surface area contributed by atoms with Crippen molar-refractivity contribution in [3.8, 4) is 0 Å². The number of carbonyl (C=O) groups excluding carboxylic acids is 1. The van der Waals surface area contributed by atoms with Gasteiger partial charge in [-0.3, -0.25) is 0 Å². The quantitative estimate of drug-likeness (QED) is 0.879. The van der Waals surface area contributed by atoms with Crippen molar-refractivity contribution in [2.75, 3.05) is 52.4 Å². The number of urea groups is 1. The zero-order valence-electron chi connectivity index (χ0n) is 15.6. The molecule has 1 aromatic carbocycles. The Morgan fingerprint density at radius 2 is 1.58 bits per heavy atom. The first-order valence-electron chi connectivity index (χ1n) is 10.3. The predicted molar refractivity (Wildman–Crippen MR) is 102 cm³/mol. The van der Waals surface area contributed by atoms with Crippen LogP contribution in [0.4, 0.5) is 4.79 Å². The van der Waals surface area contributed by atoms with Crippen LogP contribution in [0.3, 0.4) is 0 Å². The Kier molecular flexibility index (Phi) is 4.17. The Hall–Kier alpha value is -1.59. The molecule has 1 N–H and O–H groups in total. The first kappa shape index (κ1) is 16.6. The van der Waals surface area contributed by atoms with E-state index in [-0.39, 0.29) is 17.5 Å². The Morgan fingerprint density at radius 1 is 0.923 bits per heavy atom. The van der Waals surface area contributed by atoms with Gasteiger partial charge in [-0.2, -0.15) is 0 Å². The highest BCUT2D eigenvalue weighted by molar-refractivity contribution is 5.75. The minimum atomic E-state index is 0.0182. The molecule has 0 aliphatic carbocycles. The lowest BCUT2D eigenvalue weighted by molar-refractivity contribution is 0.0203. The van der Waals surface area contributed by atoms with Crippen molar-refractivity contribution in [2.45, 2.75) is 30.7 Å². The maximum Gasteiger partial charge on any atom is 0.317 e. The Bertz CT molecular complexity index is 641. The summed E-state index contributed by atoms with van der Waals surface area (Å²) in [6, 6.07) is 11.4. The van der Waals surface area contributed by atoms with Crippen LogP contribution in [0.2, 0.25) is 0 Å². The zero-order valence-corrected chi connectivity index (χ0v) is 15.6. The standard InChI is InChI=1S/C21H30N4O/c26-20(25-9-5-2-6-10-25)22-19-17-13-23-11-12-24(14-17)16-21(19,15-23)18-7-3-1-4-8-18/h1,3-4,7-8,17,19H,2,5-6,9-16H2,(H,22,26). The minimum Gasteiger partial charge on any atom is -0.334 e. The van der Waals surface area contributed by atoms with Crippen LogP contribution in [0, 0.1) is 5.92 Å². The molecule has 5 fully saturated rings. The molecule has 5 saturated heterocycles. The maximum atomic E-state index is 13.0.